The molecule has 0 saturated heterocycles. The molecule has 0 atom stereocenters. The Morgan fingerprint density at radius 3 is 2.90 bits per heavy atom. The summed E-state index contributed by atoms with van der Waals surface area (Å²) in [6, 6.07) is 12.1. The number of fused-ring (bicyclic) bond motifs is 1. The van der Waals surface area contributed by atoms with Crippen LogP contribution in [0.2, 0.25) is 0 Å². The largest absolute Gasteiger partial charge is 0.506 e. The lowest BCUT2D eigenvalue weighted by atomic mass is 10.1. The summed E-state index contributed by atoms with van der Waals surface area (Å²) in [5, 5.41) is 9.99. The first-order valence-electron chi connectivity index (χ1n) is 7.22. The first-order valence-corrected chi connectivity index (χ1v) is 7.22. The van der Waals surface area contributed by atoms with Gasteiger partial charge in [0, 0.05) is 17.9 Å². The van der Waals surface area contributed by atoms with E-state index in [1.807, 2.05) is 13.0 Å². The van der Waals surface area contributed by atoms with Crippen molar-refractivity contribution in [3.63, 3.8) is 0 Å². The SMILES string of the molecule is Cc1ccc(O)c(CN2CCCCc3ccccc32)n1. The van der Waals surface area contributed by atoms with E-state index in [2.05, 4.69) is 34.1 Å². The summed E-state index contributed by atoms with van der Waals surface area (Å²) >= 11 is 0. The Morgan fingerprint density at radius 1 is 1.15 bits per heavy atom. The number of aryl methyl sites for hydroxylation is 2. The first kappa shape index (κ1) is 13.0. The summed E-state index contributed by atoms with van der Waals surface area (Å²) < 4.78 is 0. The highest BCUT2D eigenvalue weighted by Gasteiger charge is 2.16. The molecule has 3 rings (SSSR count). The number of anilines is 1. The van der Waals surface area contributed by atoms with Gasteiger partial charge in [0.2, 0.25) is 0 Å². The van der Waals surface area contributed by atoms with Gasteiger partial charge in [-0.25, -0.2) is 0 Å². The van der Waals surface area contributed by atoms with Crippen LogP contribution in [0.3, 0.4) is 0 Å². The zero-order valence-corrected chi connectivity index (χ0v) is 11.8. The summed E-state index contributed by atoms with van der Waals surface area (Å²) in [5.74, 6) is 0.289. The van der Waals surface area contributed by atoms with Gasteiger partial charge in [-0.1, -0.05) is 18.2 Å². The van der Waals surface area contributed by atoms with E-state index in [9.17, 15) is 5.11 Å². The Morgan fingerprint density at radius 2 is 2.00 bits per heavy atom. The van der Waals surface area contributed by atoms with Crippen LogP contribution in [0, 0.1) is 6.92 Å². The summed E-state index contributed by atoms with van der Waals surface area (Å²) in [7, 11) is 0. The minimum Gasteiger partial charge on any atom is -0.506 e. The molecule has 0 amide bonds. The van der Waals surface area contributed by atoms with E-state index < -0.39 is 0 Å². The van der Waals surface area contributed by atoms with E-state index in [1.165, 1.54) is 24.1 Å². The van der Waals surface area contributed by atoms with Gasteiger partial charge in [-0.15, -0.1) is 0 Å². The summed E-state index contributed by atoms with van der Waals surface area (Å²) in [6.07, 6.45) is 3.54. The highest BCUT2D eigenvalue weighted by Crippen LogP contribution is 2.28. The fourth-order valence-corrected chi connectivity index (χ4v) is 2.83. The minimum atomic E-state index is 0.289. The zero-order chi connectivity index (χ0) is 13.9. The number of aromatic nitrogens is 1. The van der Waals surface area contributed by atoms with Crippen LogP contribution in [0.15, 0.2) is 36.4 Å². The van der Waals surface area contributed by atoms with Gasteiger partial charge in [-0.05, 0) is 49.9 Å². The first-order chi connectivity index (χ1) is 9.74. The van der Waals surface area contributed by atoms with Crippen molar-refractivity contribution in [2.45, 2.75) is 32.7 Å². The quantitative estimate of drug-likeness (QED) is 0.906. The van der Waals surface area contributed by atoms with Gasteiger partial charge in [0.15, 0.2) is 0 Å². The van der Waals surface area contributed by atoms with Crippen LogP contribution in [0.5, 0.6) is 5.75 Å². The van der Waals surface area contributed by atoms with Crippen molar-refractivity contribution in [3.8, 4) is 5.75 Å². The van der Waals surface area contributed by atoms with Gasteiger partial charge < -0.3 is 10.0 Å². The number of para-hydroxylation sites is 1. The topological polar surface area (TPSA) is 36.4 Å². The minimum absolute atomic E-state index is 0.289. The van der Waals surface area contributed by atoms with Gasteiger partial charge in [-0.3, -0.25) is 4.98 Å². The fraction of sp³-hybridized carbons (Fsp3) is 0.353. The van der Waals surface area contributed by atoms with Crippen LogP contribution in [-0.2, 0) is 13.0 Å². The maximum atomic E-state index is 9.99. The lowest BCUT2D eigenvalue weighted by Crippen LogP contribution is -2.24. The van der Waals surface area contributed by atoms with Crippen molar-refractivity contribution >= 4 is 5.69 Å². The second kappa shape index (κ2) is 5.53. The molecule has 1 aromatic carbocycles. The molecule has 0 saturated carbocycles. The van der Waals surface area contributed by atoms with E-state index in [0.29, 0.717) is 6.54 Å². The molecule has 0 radical (unpaired) electrons. The van der Waals surface area contributed by atoms with Crippen molar-refractivity contribution in [3.05, 3.63) is 53.3 Å². The third kappa shape index (κ3) is 2.62. The maximum absolute atomic E-state index is 9.99. The van der Waals surface area contributed by atoms with E-state index in [-0.39, 0.29) is 5.75 Å². The van der Waals surface area contributed by atoms with Crippen LogP contribution in [0.1, 0.15) is 29.8 Å². The number of rotatable bonds is 2. The normalized spacial score (nSPS) is 14.8. The number of hydrogen-bond donors (Lipinski definition) is 1. The van der Waals surface area contributed by atoms with Crippen molar-refractivity contribution < 1.29 is 5.11 Å². The smallest absolute Gasteiger partial charge is 0.138 e. The summed E-state index contributed by atoms with van der Waals surface area (Å²) in [5.41, 5.74) is 4.40. The molecule has 0 fully saturated rings. The molecule has 0 aliphatic carbocycles. The molecular formula is C17H20N2O. The average molecular weight is 268 g/mol. The summed E-state index contributed by atoms with van der Waals surface area (Å²) in [4.78, 5) is 6.82. The molecule has 0 unspecified atom stereocenters. The standard InChI is InChI=1S/C17H20N2O/c1-13-9-10-17(20)15(18-13)12-19-11-5-4-7-14-6-2-3-8-16(14)19/h2-3,6,8-10,20H,4-5,7,11-12H2,1H3. The van der Waals surface area contributed by atoms with E-state index in [1.54, 1.807) is 6.07 Å². The van der Waals surface area contributed by atoms with Gasteiger partial charge in [0.25, 0.3) is 0 Å². The van der Waals surface area contributed by atoms with E-state index in [0.717, 1.165) is 24.4 Å². The van der Waals surface area contributed by atoms with Crippen molar-refractivity contribution in [2.75, 3.05) is 11.4 Å². The van der Waals surface area contributed by atoms with Crippen molar-refractivity contribution in [1.82, 2.24) is 4.98 Å². The lowest BCUT2D eigenvalue weighted by molar-refractivity contribution is 0.462. The van der Waals surface area contributed by atoms with Crippen LogP contribution < -0.4 is 4.90 Å². The molecule has 0 bridgehead atoms. The molecule has 1 N–H and O–H groups in total. The molecule has 0 spiro atoms. The van der Waals surface area contributed by atoms with Gasteiger partial charge >= 0.3 is 0 Å². The number of benzene rings is 1. The number of pyridine rings is 1. The number of aromatic hydroxyl groups is 1. The second-order valence-corrected chi connectivity index (χ2v) is 5.43. The maximum Gasteiger partial charge on any atom is 0.138 e. The highest BCUT2D eigenvalue weighted by molar-refractivity contribution is 5.55. The molecule has 104 valence electrons. The third-order valence-corrected chi connectivity index (χ3v) is 3.89. The van der Waals surface area contributed by atoms with Crippen molar-refractivity contribution in [1.29, 1.82) is 0 Å². The fourth-order valence-electron chi connectivity index (χ4n) is 2.83. The molecular weight excluding hydrogens is 248 g/mol. The Bertz CT molecular complexity index is 610. The molecule has 1 aliphatic rings. The van der Waals surface area contributed by atoms with Gasteiger partial charge in [-0.2, -0.15) is 0 Å². The molecule has 2 aromatic rings. The monoisotopic (exact) mass is 268 g/mol. The zero-order valence-electron chi connectivity index (χ0n) is 11.8. The molecule has 1 aliphatic heterocycles. The summed E-state index contributed by atoms with van der Waals surface area (Å²) in [6.45, 7) is 3.65. The lowest BCUT2D eigenvalue weighted by Gasteiger charge is -2.25. The second-order valence-electron chi connectivity index (χ2n) is 5.43. The molecule has 3 heteroatoms. The molecule has 2 heterocycles. The Hall–Kier alpha value is -2.03. The van der Waals surface area contributed by atoms with Gasteiger partial charge in [0.1, 0.15) is 11.4 Å². The molecule has 1 aromatic heterocycles. The predicted octanol–water partition coefficient (Wildman–Crippen LogP) is 3.44. The number of hydrogen-bond acceptors (Lipinski definition) is 3. The van der Waals surface area contributed by atoms with Crippen LogP contribution in [-0.4, -0.2) is 16.6 Å². The molecule has 3 nitrogen and oxygen atoms in total. The average Bonchev–Trinajstić information content (AvgIpc) is 2.66. The Labute approximate surface area is 119 Å². The number of nitrogens with zero attached hydrogens (tertiary/aromatic N) is 2. The Balaban J connectivity index is 1.92. The third-order valence-electron chi connectivity index (χ3n) is 3.89. The van der Waals surface area contributed by atoms with Gasteiger partial charge in [0.05, 0.1) is 6.54 Å². The van der Waals surface area contributed by atoms with E-state index in [4.69, 9.17) is 0 Å². The Kier molecular flexibility index (Phi) is 3.59. The van der Waals surface area contributed by atoms with Crippen LogP contribution in [0.4, 0.5) is 5.69 Å². The van der Waals surface area contributed by atoms with Crippen LogP contribution >= 0.6 is 0 Å². The van der Waals surface area contributed by atoms with E-state index >= 15 is 0 Å². The predicted molar refractivity (Wildman–Crippen MR) is 81.1 cm³/mol. The highest BCUT2D eigenvalue weighted by atomic mass is 16.3. The molecule has 20 heavy (non-hydrogen) atoms. The van der Waals surface area contributed by atoms with Crippen LogP contribution in [0.25, 0.3) is 0 Å². The van der Waals surface area contributed by atoms with Crippen molar-refractivity contribution in [2.24, 2.45) is 0 Å².